The Balaban J connectivity index is 1.50. The molecule has 6 nitrogen and oxygen atoms in total. The van der Waals surface area contributed by atoms with E-state index in [4.69, 9.17) is 0 Å². The van der Waals surface area contributed by atoms with Gasteiger partial charge in [-0.15, -0.1) is 11.8 Å². The highest BCUT2D eigenvalue weighted by atomic mass is 32.2. The van der Waals surface area contributed by atoms with E-state index in [-0.39, 0.29) is 11.8 Å². The predicted molar refractivity (Wildman–Crippen MR) is 152 cm³/mol. The number of allylic oxidation sites excluding steroid dienone is 2. The number of para-hydroxylation sites is 1. The monoisotopic (exact) mass is 528 g/mol. The van der Waals surface area contributed by atoms with Gasteiger partial charge in [-0.2, -0.15) is 0 Å². The molecule has 0 aromatic heterocycles. The maximum absolute atomic E-state index is 13.6. The van der Waals surface area contributed by atoms with Crippen molar-refractivity contribution >= 4 is 40.9 Å². The molecule has 7 heteroatoms. The Labute approximate surface area is 227 Å². The van der Waals surface area contributed by atoms with Crippen LogP contribution in [-0.2, 0) is 20.8 Å². The van der Waals surface area contributed by atoms with Crippen molar-refractivity contribution in [3.63, 3.8) is 0 Å². The number of rotatable bonds is 9. The summed E-state index contributed by atoms with van der Waals surface area (Å²) >= 11 is 1.44. The topological polar surface area (TPSA) is 95.5 Å². The fourth-order valence-corrected chi connectivity index (χ4v) is 5.68. The molecule has 0 saturated carbocycles. The summed E-state index contributed by atoms with van der Waals surface area (Å²) in [5.41, 5.74) is 4.45. The van der Waals surface area contributed by atoms with Gasteiger partial charge < -0.3 is 15.7 Å². The standard InChI is InChI=1S/C31H32N2O4S/c1-3-21-13-9-10-20(2)27(21)33-30(35)28(22-11-5-4-6-12-22)38-24-18-16-23(17-19-24)32-29(34)25-14-7-8-15-26(25)31(36)37/h4-13,16-19,25-26,28H,3,14-15H2,1-2H3,(H,32,34)(H,33,35)(H,36,37)/t25-,26-,28-/m1/s1. The quantitative estimate of drug-likeness (QED) is 0.214. The molecule has 2 amide bonds. The minimum atomic E-state index is -0.955. The number of carboxylic acids is 1. The third-order valence-electron chi connectivity index (χ3n) is 6.79. The number of amides is 2. The summed E-state index contributed by atoms with van der Waals surface area (Å²) < 4.78 is 0. The Morgan fingerprint density at radius 2 is 1.58 bits per heavy atom. The number of benzene rings is 3. The van der Waals surface area contributed by atoms with E-state index in [9.17, 15) is 19.5 Å². The Morgan fingerprint density at radius 1 is 0.895 bits per heavy atom. The number of anilines is 2. The smallest absolute Gasteiger partial charge is 0.307 e. The molecule has 3 aromatic rings. The van der Waals surface area contributed by atoms with Gasteiger partial charge in [0.25, 0.3) is 0 Å². The van der Waals surface area contributed by atoms with E-state index < -0.39 is 23.1 Å². The van der Waals surface area contributed by atoms with Gasteiger partial charge in [0.2, 0.25) is 11.8 Å². The molecular weight excluding hydrogens is 496 g/mol. The van der Waals surface area contributed by atoms with Crippen LogP contribution in [0.1, 0.15) is 41.7 Å². The van der Waals surface area contributed by atoms with Crippen LogP contribution >= 0.6 is 11.8 Å². The number of aryl methyl sites for hydroxylation is 2. The van der Waals surface area contributed by atoms with Gasteiger partial charge in [0.15, 0.2) is 0 Å². The number of nitrogens with one attached hydrogen (secondary N) is 2. The lowest BCUT2D eigenvalue weighted by Crippen LogP contribution is -2.34. The third kappa shape index (κ3) is 6.53. The maximum atomic E-state index is 13.6. The summed E-state index contributed by atoms with van der Waals surface area (Å²) in [6.45, 7) is 4.07. The van der Waals surface area contributed by atoms with E-state index in [1.54, 1.807) is 12.1 Å². The van der Waals surface area contributed by atoms with Crippen molar-refractivity contribution in [2.24, 2.45) is 11.8 Å². The van der Waals surface area contributed by atoms with Gasteiger partial charge in [0.05, 0.1) is 11.8 Å². The van der Waals surface area contributed by atoms with Crippen molar-refractivity contribution in [1.29, 1.82) is 0 Å². The first-order valence-electron chi connectivity index (χ1n) is 12.8. The molecule has 0 heterocycles. The molecule has 0 bridgehead atoms. The Bertz CT molecular complexity index is 1320. The number of hydrogen-bond donors (Lipinski definition) is 3. The normalized spacial score (nSPS) is 17.4. The van der Waals surface area contributed by atoms with Crippen molar-refractivity contribution in [2.45, 2.75) is 43.3 Å². The third-order valence-corrected chi connectivity index (χ3v) is 8.06. The van der Waals surface area contributed by atoms with Gasteiger partial charge in [0, 0.05) is 16.3 Å². The molecular formula is C31H32N2O4S. The molecule has 3 aromatic carbocycles. The minimum Gasteiger partial charge on any atom is -0.481 e. The highest BCUT2D eigenvalue weighted by Crippen LogP contribution is 2.37. The summed E-state index contributed by atoms with van der Waals surface area (Å²) in [5, 5.41) is 15.0. The second kappa shape index (κ2) is 12.6. The number of hydrogen-bond acceptors (Lipinski definition) is 4. The van der Waals surface area contributed by atoms with Crippen molar-refractivity contribution in [1.82, 2.24) is 0 Å². The molecule has 3 N–H and O–H groups in total. The maximum Gasteiger partial charge on any atom is 0.307 e. The van der Waals surface area contributed by atoms with Crippen LogP contribution in [-0.4, -0.2) is 22.9 Å². The van der Waals surface area contributed by atoms with Gasteiger partial charge in [0.1, 0.15) is 5.25 Å². The fourth-order valence-electron chi connectivity index (χ4n) is 4.66. The molecule has 0 saturated heterocycles. The zero-order valence-electron chi connectivity index (χ0n) is 21.5. The lowest BCUT2D eigenvalue weighted by molar-refractivity contribution is -0.146. The van der Waals surface area contributed by atoms with E-state index in [1.165, 1.54) is 11.8 Å². The van der Waals surface area contributed by atoms with E-state index in [0.29, 0.717) is 18.5 Å². The summed E-state index contributed by atoms with van der Waals surface area (Å²) in [6.07, 6.45) is 5.26. The molecule has 0 unspecified atom stereocenters. The van der Waals surface area contributed by atoms with Crippen LogP contribution < -0.4 is 10.6 Å². The van der Waals surface area contributed by atoms with Crippen molar-refractivity contribution in [3.05, 3.63) is 102 Å². The summed E-state index contributed by atoms with van der Waals surface area (Å²) in [7, 11) is 0. The average molecular weight is 529 g/mol. The van der Waals surface area contributed by atoms with Crippen LogP contribution in [0.4, 0.5) is 11.4 Å². The molecule has 0 spiro atoms. The summed E-state index contributed by atoms with van der Waals surface area (Å²) in [4.78, 5) is 38.8. The van der Waals surface area contributed by atoms with E-state index in [0.717, 1.165) is 33.7 Å². The number of carbonyl (C=O) groups is 3. The summed E-state index contributed by atoms with van der Waals surface area (Å²) in [5.74, 6) is -2.68. The molecule has 3 atom stereocenters. The molecule has 1 aliphatic carbocycles. The molecule has 0 fully saturated rings. The highest BCUT2D eigenvalue weighted by molar-refractivity contribution is 8.00. The molecule has 38 heavy (non-hydrogen) atoms. The van der Waals surface area contributed by atoms with Gasteiger partial charge in [-0.3, -0.25) is 14.4 Å². The number of carboxylic acid groups (broad SMARTS) is 1. The predicted octanol–water partition coefficient (Wildman–Crippen LogP) is 6.64. The first-order valence-corrected chi connectivity index (χ1v) is 13.6. The van der Waals surface area contributed by atoms with Gasteiger partial charge >= 0.3 is 5.97 Å². The molecule has 0 radical (unpaired) electrons. The van der Waals surface area contributed by atoms with Crippen LogP contribution in [0.2, 0.25) is 0 Å². The zero-order chi connectivity index (χ0) is 27.1. The van der Waals surface area contributed by atoms with Crippen molar-refractivity contribution in [2.75, 3.05) is 10.6 Å². The first kappa shape index (κ1) is 27.2. The Hall–Kier alpha value is -3.84. The average Bonchev–Trinajstić information content (AvgIpc) is 2.94. The Kier molecular flexibility index (Phi) is 9.02. The van der Waals surface area contributed by atoms with Crippen LogP contribution in [0, 0.1) is 18.8 Å². The molecule has 0 aliphatic heterocycles. The van der Waals surface area contributed by atoms with E-state index in [1.807, 2.05) is 79.7 Å². The van der Waals surface area contributed by atoms with Gasteiger partial charge in [-0.1, -0.05) is 67.6 Å². The highest BCUT2D eigenvalue weighted by Gasteiger charge is 2.34. The molecule has 196 valence electrons. The minimum absolute atomic E-state index is 0.104. The number of carbonyl (C=O) groups excluding carboxylic acids is 2. The number of thioether (sulfide) groups is 1. The fraction of sp³-hybridized carbons (Fsp3) is 0.258. The Morgan fingerprint density at radius 3 is 2.24 bits per heavy atom. The first-order chi connectivity index (χ1) is 18.4. The van der Waals surface area contributed by atoms with Gasteiger partial charge in [-0.25, -0.2) is 0 Å². The second-order valence-electron chi connectivity index (χ2n) is 9.37. The van der Waals surface area contributed by atoms with Gasteiger partial charge in [-0.05, 0) is 67.1 Å². The van der Waals surface area contributed by atoms with E-state index >= 15 is 0 Å². The van der Waals surface area contributed by atoms with Crippen molar-refractivity contribution in [3.8, 4) is 0 Å². The molecule has 1 aliphatic rings. The summed E-state index contributed by atoms with van der Waals surface area (Å²) in [6, 6.07) is 23.0. The van der Waals surface area contributed by atoms with Crippen LogP contribution in [0.15, 0.2) is 89.8 Å². The SMILES string of the molecule is CCc1cccc(C)c1NC(=O)[C@H](Sc1ccc(NC(=O)[C@@H]2CC=CC[C@H]2C(=O)O)cc1)c1ccccc1. The second-order valence-corrected chi connectivity index (χ2v) is 10.5. The van der Waals surface area contributed by atoms with Crippen molar-refractivity contribution < 1.29 is 19.5 Å². The van der Waals surface area contributed by atoms with Crippen LogP contribution in [0.5, 0.6) is 0 Å². The largest absolute Gasteiger partial charge is 0.481 e. The van der Waals surface area contributed by atoms with Crippen LogP contribution in [0.25, 0.3) is 0 Å². The lowest BCUT2D eigenvalue weighted by Gasteiger charge is -2.24. The number of aliphatic carboxylic acids is 1. The van der Waals surface area contributed by atoms with Crippen LogP contribution in [0.3, 0.4) is 0 Å². The zero-order valence-corrected chi connectivity index (χ0v) is 22.3. The molecule has 4 rings (SSSR count). The van der Waals surface area contributed by atoms with E-state index in [2.05, 4.69) is 17.6 Å². The lowest BCUT2D eigenvalue weighted by atomic mass is 9.82.